The van der Waals surface area contributed by atoms with E-state index in [9.17, 15) is 0 Å². The number of rotatable bonds is 1. The van der Waals surface area contributed by atoms with Crippen LogP contribution in [0, 0.1) is 0 Å². The highest BCUT2D eigenvalue weighted by Gasteiger charge is 2.13. The van der Waals surface area contributed by atoms with Crippen LogP contribution < -0.4 is 4.57 Å². The minimum atomic E-state index is 0.992. The van der Waals surface area contributed by atoms with Crippen molar-refractivity contribution in [1.82, 2.24) is 9.55 Å². The Morgan fingerprint density at radius 3 is 2.69 bits per heavy atom. The maximum Gasteiger partial charge on any atom is 0.301 e. The summed E-state index contributed by atoms with van der Waals surface area (Å²) in [5, 5.41) is 0. The van der Waals surface area contributed by atoms with E-state index in [1.54, 1.807) is 0 Å². The molecule has 3 nitrogen and oxygen atoms in total. The van der Waals surface area contributed by atoms with E-state index in [1.807, 2.05) is 48.4 Å². The molecule has 0 aliphatic rings. The summed E-state index contributed by atoms with van der Waals surface area (Å²) in [6, 6.07) is 14.3. The molecule has 2 aromatic heterocycles. The van der Waals surface area contributed by atoms with Gasteiger partial charge < -0.3 is 0 Å². The Hall–Kier alpha value is -2.16. The molecule has 0 bridgehead atoms. The third kappa shape index (κ3) is 1.29. The number of pyridine rings is 1. The normalized spacial score (nSPS) is 10.8. The van der Waals surface area contributed by atoms with E-state index in [2.05, 4.69) is 27.8 Å². The molecule has 0 saturated heterocycles. The molecule has 16 heavy (non-hydrogen) atoms. The van der Waals surface area contributed by atoms with Gasteiger partial charge in [0, 0.05) is 0 Å². The van der Waals surface area contributed by atoms with Gasteiger partial charge in [-0.3, -0.25) is 0 Å². The molecule has 0 saturated carbocycles. The zero-order valence-electron chi connectivity index (χ0n) is 9.04. The number of aromatic nitrogens is 3. The highest BCUT2D eigenvalue weighted by atomic mass is 15.2. The lowest BCUT2D eigenvalue weighted by Crippen LogP contribution is -2.26. The molecule has 0 spiro atoms. The SMILES string of the molecule is C[n+]1cn(-c2ccccc2)c2cccnc21. The average Bonchev–Trinajstić information content (AvgIpc) is 2.69. The van der Waals surface area contributed by atoms with Gasteiger partial charge in [-0.05, 0) is 24.3 Å². The number of imidazole rings is 1. The summed E-state index contributed by atoms with van der Waals surface area (Å²) in [4.78, 5) is 4.37. The lowest BCUT2D eigenvalue weighted by Gasteiger charge is -1.96. The molecule has 3 aromatic rings. The zero-order chi connectivity index (χ0) is 11.0. The number of fused-ring (bicyclic) bond motifs is 1. The van der Waals surface area contributed by atoms with Gasteiger partial charge in [0.1, 0.15) is 11.9 Å². The highest BCUT2D eigenvalue weighted by Crippen LogP contribution is 2.14. The Morgan fingerprint density at radius 1 is 1.06 bits per heavy atom. The van der Waals surface area contributed by atoms with Gasteiger partial charge in [-0.2, -0.15) is 0 Å². The Balaban J connectivity index is 2.33. The van der Waals surface area contributed by atoms with Crippen molar-refractivity contribution in [2.45, 2.75) is 0 Å². The van der Waals surface area contributed by atoms with Crippen LogP contribution in [0.25, 0.3) is 16.9 Å². The summed E-state index contributed by atoms with van der Waals surface area (Å²) in [7, 11) is 2.01. The van der Waals surface area contributed by atoms with Crippen molar-refractivity contribution in [1.29, 1.82) is 0 Å². The second-order valence-corrected chi connectivity index (χ2v) is 3.78. The molecule has 1 aromatic carbocycles. The van der Waals surface area contributed by atoms with Crippen LogP contribution in [0.15, 0.2) is 55.0 Å². The van der Waals surface area contributed by atoms with Gasteiger partial charge in [0.15, 0.2) is 11.8 Å². The minimum absolute atomic E-state index is 0.992. The largest absolute Gasteiger partial charge is 0.301 e. The van der Waals surface area contributed by atoms with E-state index in [1.165, 1.54) is 0 Å². The van der Waals surface area contributed by atoms with Crippen LogP contribution in [-0.4, -0.2) is 9.55 Å². The fraction of sp³-hybridized carbons (Fsp3) is 0.0769. The first kappa shape index (κ1) is 9.09. The van der Waals surface area contributed by atoms with Gasteiger partial charge >= 0.3 is 5.65 Å². The van der Waals surface area contributed by atoms with E-state index in [-0.39, 0.29) is 0 Å². The molecule has 78 valence electrons. The molecule has 0 aliphatic carbocycles. The maximum atomic E-state index is 4.37. The van der Waals surface area contributed by atoms with Crippen molar-refractivity contribution in [3.8, 4) is 5.69 Å². The van der Waals surface area contributed by atoms with Crippen molar-refractivity contribution in [2.75, 3.05) is 0 Å². The minimum Gasteiger partial charge on any atom is -0.236 e. The van der Waals surface area contributed by atoms with Crippen LogP contribution in [0.4, 0.5) is 0 Å². The number of hydrogen-bond donors (Lipinski definition) is 0. The van der Waals surface area contributed by atoms with E-state index in [0.29, 0.717) is 0 Å². The second-order valence-electron chi connectivity index (χ2n) is 3.78. The van der Waals surface area contributed by atoms with Crippen LogP contribution in [0.5, 0.6) is 0 Å². The van der Waals surface area contributed by atoms with Gasteiger partial charge in [0.05, 0.1) is 7.05 Å². The molecule has 0 fully saturated rings. The summed E-state index contributed by atoms with van der Waals surface area (Å²) in [5.74, 6) is 0. The summed E-state index contributed by atoms with van der Waals surface area (Å²) >= 11 is 0. The van der Waals surface area contributed by atoms with Gasteiger partial charge in [-0.15, -0.1) is 4.98 Å². The highest BCUT2D eigenvalue weighted by molar-refractivity contribution is 5.69. The molecule has 3 rings (SSSR count). The average molecular weight is 210 g/mol. The Labute approximate surface area is 93.6 Å². The first-order valence-electron chi connectivity index (χ1n) is 5.23. The van der Waals surface area contributed by atoms with Gasteiger partial charge in [-0.25, -0.2) is 9.13 Å². The fourth-order valence-electron chi connectivity index (χ4n) is 1.93. The monoisotopic (exact) mass is 210 g/mol. The molecule has 0 radical (unpaired) electrons. The van der Waals surface area contributed by atoms with Crippen molar-refractivity contribution >= 4 is 11.2 Å². The van der Waals surface area contributed by atoms with Crippen LogP contribution in [0.2, 0.25) is 0 Å². The summed E-state index contributed by atoms with van der Waals surface area (Å²) in [6.07, 6.45) is 3.87. The molecule has 0 amide bonds. The van der Waals surface area contributed by atoms with Crippen molar-refractivity contribution in [3.63, 3.8) is 0 Å². The van der Waals surface area contributed by atoms with Gasteiger partial charge in [0.25, 0.3) is 0 Å². The number of aryl methyl sites for hydroxylation is 1. The molecular formula is C13H12N3+. The van der Waals surface area contributed by atoms with Crippen molar-refractivity contribution in [2.24, 2.45) is 7.05 Å². The standard InChI is InChI=1S/C13H12N3/c1-15-10-16(11-6-3-2-4-7-11)12-8-5-9-14-13(12)15/h2-10H,1H3/q+1. The first-order chi connectivity index (χ1) is 7.86. The topological polar surface area (TPSA) is 21.7 Å². The van der Waals surface area contributed by atoms with Crippen molar-refractivity contribution < 1.29 is 4.57 Å². The lowest BCUT2D eigenvalue weighted by atomic mass is 10.3. The van der Waals surface area contributed by atoms with E-state index in [0.717, 1.165) is 16.9 Å². The molecular weight excluding hydrogens is 198 g/mol. The number of hydrogen-bond acceptors (Lipinski definition) is 1. The predicted molar refractivity (Wildman–Crippen MR) is 62.2 cm³/mol. The van der Waals surface area contributed by atoms with Crippen LogP contribution in [0.3, 0.4) is 0 Å². The number of benzene rings is 1. The number of nitrogens with zero attached hydrogens (tertiary/aromatic N) is 3. The Bertz CT molecular complexity index is 626. The predicted octanol–water partition coefficient (Wildman–Crippen LogP) is 1.85. The summed E-state index contributed by atoms with van der Waals surface area (Å²) < 4.78 is 4.17. The van der Waals surface area contributed by atoms with Gasteiger partial charge in [0.2, 0.25) is 0 Å². The first-order valence-corrected chi connectivity index (χ1v) is 5.23. The molecule has 0 N–H and O–H groups in total. The maximum absolute atomic E-state index is 4.37. The summed E-state index contributed by atoms with van der Waals surface area (Å²) in [6.45, 7) is 0. The zero-order valence-corrected chi connectivity index (χ0v) is 9.04. The molecule has 0 aliphatic heterocycles. The van der Waals surface area contributed by atoms with E-state index >= 15 is 0 Å². The second kappa shape index (κ2) is 3.45. The molecule has 0 atom stereocenters. The van der Waals surface area contributed by atoms with Crippen LogP contribution in [-0.2, 0) is 7.05 Å². The smallest absolute Gasteiger partial charge is 0.236 e. The van der Waals surface area contributed by atoms with E-state index in [4.69, 9.17) is 0 Å². The summed E-state index contributed by atoms with van der Waals surface area (Å²) in [5.41, 5.74) is 3.27. The van der Waals surface area contributed by atoms with Gasteiger partial charge in [-0.1, -0.05) is 18.2 Å². The third-order valence-electron chi connectivity index (χ3n) is 2.68. The van der Waals surface area contributed by atoms with E-state index < -0.39 is 0 Å². The van der Waals surface area contributed by atoms with Crippen LogP contribution in [0.1, 0.15) is 0 Å². The number of para-hydroxylation sites is 1. The molecule has 0 unspecified atom stereocenters. The quantitative estimate of drug-likeness (QED) is 0.562. The Morgan fingerprint density at radius 2 is 1.88 bits per heavy atom. The fourth-order valence-corrected chi connectivity index (χ4v) is 1.93. The third-order valence-corrected chi connectivity index (χ3v) is 2.68. The molecule has 2 heterocycles. The van der Waals surface area contributed by atoms with Crippen LogP contribution >= 0.6 is 0 Å². The molecule has 3 heteroatoms. The Kier molecular flexibility index (Phi) is 1.96. The van der Waals surface area contributed by atoms with Crippen molar-refractivity contribution in [3.05, 3.63) is 55.0 Å². The lowest BCUT2D eigenvalue weighted by molar-refractivity contribution is -0.647.